The minimum atomic E-state index is 0.0387. The second-order valence-corrected chi connectivity index (χ2v) is 7.23. The number of rotatable bonds is 2. The van der Waals surface area contributed by atoms with Gasteiger partial charge in [0.15, 0.2) is 5.82 Å². The van der Waals surface area contributed by atoms with Gasteiger partial charge in [-0.2, -0.15) is 5.10 Å². The van der Waals surface area contributed by atoms with E-state index in [0.29, 0.717) is 5.56 Å². The van der Waals surface area contributed by atoms with Crippen LogP contribution in [0.3, 0.4) is 0 Å². The SMILES string of the molecule is Cc1c(C(=O)N2CCN(C)C3(CCOCC3)C2)cnn1-c1ccccn1. The van der Waals surface area contributed by atoms with Crippen LogP contribution in [0.2, 0.25) is 0 Å². The van der Waals surface area contributed by atoms with Crippen LogP contribution in [0.4, 0.5) is 0 Å². The monoisotopic (exact) mass is 355 g/mol. The van der Waals surface area contributed by atoms with Crippen molar-refractivity contribution in [2.24, 2.45) is 0 Å². The van der Waals surface area contributed by atoms with Crippen molar-refractivity contribution in [2.75, 3.05) is 39.9 Å². The van der Waals surface area contributed by atoms with Crippen molar-refractivity contribution in [3.8, 4) is 5.82 Å². The molecule has 4 heterocycles. The van der Waals surface area contributed by atoms with E-state index < -0.39 is 0 Å². The molecule has 0 atom stereocenters. The van der Waals surface area contributed by atoms with Crippen molar-refractivity contribution in [1.82, 2.24) is 24.6 Å². The Labute approximate surface area is 153 Å². The topological polar surface area (TPSA) is 63.5 Å². The van der Waals surface area contributed by atoms with E-state index in [4.69, 9.17) is 4.74 Å². The predicted molar refractivity (Wildman–Crippen MR) is 97.4 cm³/mol. The van der Waals surface area contributed by atoms with Gasteiger partial charge in [0.05, 0.1) is 17.5 Å². The zero-order valence-corrected chi connectivity index (χ0v) is 15.4. The van der Waals surface area contributed by atoms with Crippen LogP contribution >= 0.6 is 0 Å². The standard InChI is InChI=1S/C19H25N5O2/c1-15-16(13-21-24(15)17-5-3-4-8-20-17)18(25)23-10-9-22(2)19(14-23)6-11-26-12-7-19/h3-5,8,13H,6-7,9-12,14H2,1-2H3. The van der Waals surface area contributed by atoms with E-state index in [1.54, 1.807) is 17.1 Å². The number of hydrogen-bond acceptors (Lipinski definition) is 5. The van der Waals surface area contributed by atoms with Crippen LogP contribution in [0.5, 0.6) is 0 Å². The van der Waals surface area contributed by atoms with Gasteiger partial charge in [0.25, 0.3) is 5.91 Å². The summed E-state index contributed by atoms with van der Waals surface area (Å²) >= 11 is 0. The summed E-state index contributed by atoms with van der Waals surface area (Å²) in [5.74, 6) is 0.784. The molecule has 0 N–H and O–H groups in total. The molecule has 4 rings (SSSR count). The molecule has 1 spiro atoms. The first-order valence-electron chi connectivity index (χ1n) is 9.15. The van der Waals surface area contributed by atoms with Gasteiger partial charge in [-0.05, 0) is 38.9 Å². The fourth-order valence-corrected chi connectivity index (χ4v) is 4.03. The number of amides is 1. The summed E-state index contributed by atoms with van der Waals surface area (Å²) in [6.07, 6.45) is 5.34. The number of hydrogen-bond donors (Lipinski definition) is 0. The van der Waals surface area contributed by atoms with Crippen molar-refractivity contribution in [1.29, 1.82) is 0 Å². The maximum Gasteiger partial charge on any atom is 0.257 e. The van der Waals surface area contributed by atoms with Crippen LogP contribution in [0, 0.1) is 6.92 Å². The maximum absolute atomic E-state index is 13.2. The minimum Gasteiger partial charge on any atom is -0.381 e. The highest BCUT2D eigenvalue weighted by atomic mass is 16.5. The van der Waals surface area contributed by atoms with Crippen LogP contribution in [0.1, 0.15) is 28.9 Å². The molecular formula is C19H25N5O2. The molecule has 0 radical (unpaired) electrons. The largest absolute Gasteiger partial charge is 0.381 e. The summed E-state index contributed by atoms with van der Waals surface area (Å²) in [7, 11) is 2.16. The summed E-state index contributed by atoms with van der Waals surface area (Å²) in [6, 6.07) is 5.67. The molecule has 0 bridgehead atoms. The smallest absolute Gasteiger partial charge is 0.257 e. The Kier molecular flexibility index (Phi) is 4.50. The van der Waals surface area contributed by atoms with Gasteiger partial charge in [0.2, 0.25) is 0 Å². The van der Waals surface area contributed by atoms with Crippen molar-refractivity contribution in [3.05, 3.63) is 41.9 Å². The lowest BCUT2D eigenvalue weighted by Gasteiger charge is -2.51. The van der Waals surface area contributed by atoms with Gasteiger partial charge in [-0.15, -0.1) is 0 Å². The molecule has 0 unspecified atom stereocenters. The van der Waals surface area contributed by atoms with E-state index in [1.165, 1.54) is 0 Å². The Balaban J connectivity index is 1.57. The van der Waals surface area contributed by atoms with E-state index in [1.807, 2.05) is 30.0 Å². The Morgan fingerprint density at radius 1 is 1.23 bits per heavy atom. The van der Waals surface area contributed by atoms with Gasteiger partial charge in [0.1, 0.15) is 0 Å². The lowest BCUT2D eigenvalue weighted by Crippen LogP contribution is -2.63. The van der Waals surface area contributed by atoms with E-state index in [-0.39, 0.29) is 11.4 Å². The third-order valence-electron chi connectivity index (χ3n) is 5.82. The highest BCUT2D eigenvalue weighted by molar-refractivity contribution is 5.95. The van der Waals surface area contributed by atoms with Gasteiger partial charge >= 0.3 is 0 Å². The Bertz CT molecular complexity index is 782. The molecule has 1 amide bonds. The number of piperazine rings is 1. The molecule has 2 aromatic heterocycles. The molecule has 2 saturated heterocycles. The molecule has 2 aliphatic heterocycles. The van der Waals surface area contributed by atoms with E-state index in [9.17, 15) is 4.79 Å². The van der Waals surface area contributed by atoms with Crippen LogP contribution in [-0.2, 0) is 4.74 Å². The van der Waals surface area contributed by atoms with E-state index >= 15 is 0 Å². The number of carbonyl (C=O) groups excluding carboxylic acids is 1. The average molecular weight is 355 g/mol. The van der Waals surface area contributed by atoms with Gasteiger partial charge in [0, 0.05) is 44.6 Å². The van der Waals surface area contributed by atoms with Crippen LogP contribution < -0.4 is 0 Å². The van der Waals surface area contributed by atoms with Crippen LogP contribution in [-0.4, -0.2) is 75.9 Å². The van der Waals surface area contributed by atoms with Gasteiger partial charge in [-0.3, -0.25) is 9.69 Å². The van der Waals surface area contributed by atoms with Crippen molar-refractivity contribution in [2.45, 2.75) is 25.3 Å². The normalized spacial score (nSPS) is 20.5. The molecule has 7 nitrogen and oxygen atoms in total. The molecule has 2 aliphatic rings. The molecular weight excluding hydrogens is 330 g/mol. The third-order valence-corrected chi connectivity index (χ3v) is 5.82. The quantitative estimate of drug-likeness (QED) is 0.817. The van der Waals surface area contributed by atoms with Crippen LogP contribution in [0.15, 0.2) is 30.6 Å². The highest BCUT2D eigenvalue weighted by Crippen LogP contribution is 2.31. The molecule has 26 heavy (non-hydrogen) atoms. The second-order valence-electron chi connectivity index (χ2n) is 7.23. The summed E-state index contributed by atoms with van der Waals surface area (Å²) in [6.45, 7) is 5.84. The summed E-state index contributed by atoms with van der Waals surface area (Å²) in [5, 5.41) is 4.40. The fraction of sp³-hybridized carbons (Fsp3) is 0.526. The summed E-state index contributed by atoms with van der Waals surface area (Å²) < 4.78 is 7.28. The fourth-order valence-electron chi connectivity index (χ4n) is 4.03. The Hall–Kier alpha value is -2.25. The number of carbonyl (C=O) groups is 1. The second kappa shape index (κ2) is 6.81. The first kappa shape index (κ1) is 17.2. The number of aromatic nitrogens is 3. The molecule has 0 saturated carbocycles. The highest BCUT2D eigenvalue weighted by Gasteiger charge is 2.42. The van der Waals surface area contributed by atoms with E-state index in [2.05, 4.69) is 22.0 Å². The number of pyridine rings is 1. The summed E-state index contributed by atoms with van der Waals surface area (Å²) in [5.41, 5.74) is 1.52. The molecule has 0 aliphatic carbocycles. The average Bonchev–Trinajstić information content (AvgIpc) is 3.06. The first-order chi connectivity index (χ1) is 12.6. The Morgan fingerprint density at radius 2 is 2.04 bits per heavy atom. The number of nitrogens with zero attached hydrogens (tertiary/aromatic N) is 5. The summed E-state index contributed by atoms with van der Waals surface area (Å²) in [4.78, 5) is 21.9. The van der Waals surface area contributed by atoms with Crippen LogP contribution in [0.25, 0.3) is 5.82 Å². The van der Waals surface area contributed by atoms with Crippen molar-refractivity contribution < 1.29 is 9.53 Å². The lowest BCUT2D eigenvalue weighted by molar-refractivity contribution is -0.0543. The maximum atomic E-state index is 13.2. The predicted octanol–water partition coefficient (Wildman–Crippen LogP) is 1.51. The third kappa shape index (κ3) is 2.91. The lowest BCUT2D eigenvalue weighted by atomic mass is 9.85. The molecule has 7 heteroatoms. The Morgan fingerprint density at radius 3 is 2.77 bits per heavy atom. The van der Waals surface area contributed by atoms with E-state index in [0.717, 1.165) is 57.2 Å². The molecule has 2 fully saturated rings. The van der Waals surface area contributed by atoms with Crippen molar-refractivity contribution >= 4 is 5.91 Å². The van der Waals surface area contributed by atoms with Gasteiger partial charge in [-0.1, -0.05) is 6.07 Å². The molecule has 0 aromatic carbocycles. The van der Waals surface area contributed by atoms with Gasteiger partial charge < -0.3 is 9.64 Å². The zero-order valence-electron chi connectivity index (χ0n) is 15.4. The first-order valence-corrected chi connectivity index (χ1v) is 9.15. The number of likely N-dealkylation sites (N-methyl/N-ethyl adjacent to an activating group) is 1. The molecule has 2 aromatic rings. The molecule has 138 valence electrons. The minimum absolute atomic E-state index is 0.0387. The number of ether oxygens (including phenoxy) is 1. The van der Waals surface area contributed by atoms with Crippen molar-refractivity contribution in [3.63, 3.8) is 0 Å². The van der Waals surface area contributed by atoms with Gasteiger partial charge in [-0.25, -0.2) is 9.67 Å². The zero-order chi connectivity index (χ0) is 18.1.